The third-order valence-electron chi connectivity index (χ3n) is 3.50. The van der Waals surface area contributed by atoms with Crippen molar-refractivity contribution in [2.45, 2.75) is 13.0 Å². The Labute approximate surface area is 127 Å². The molecule has 21 heavy (non-hydrogen) atoms. The van der Waals surface area contributed by atoms with E-state index in [1.54, 1.807) is 24.1 Å². The zero-order valence-electron chi connectivity index (χ0n) is 11.7. The summed E-state index contributed by atoms with van der Waals surface area (Å²) in [6.45, 7) is 1.94. The quantitative estimate of drug-likeness (QED) is 0.911. The van der Waals surface area contributed by atoms with E-state index in [4.69, 9.17) is 11.6 Å². The normalized spacial score (nSPS) is 12.0. The molecule has 2 rings (SSSR count). The summed E-state index contributed by atoms with van der Waals surface area (Å²) < 4.78 is 13.2. The second kappa shape index (κ2) is 6.14. The van der Waals surface area contributed by atoms with Crippen LogP contribution in [0.15, 0.2) is 42.5 Å². The molecule has 1 atom stereocenters. The third kappa shape index (κ3) is 3.34. The van der Waals surface area contributed by atoms with Crippen molar-refractivity contribution in [1.29, 1.82) is 0 Å². The van der Waals surface area contributed by atoms with Crippen LogP contribution in [-0.2, 0) is 0 Å². The van der Waals surface area contributed by atoms with Gasteiger partial charge in [0.1, 0.15) is 5.82 Å². The van der Waals surface area contributed by atoms with Crippen molar-refractivity contribution in [3.63, 3.8) is 0 Å². The Morgan fingerprint density at radius 2 is 1.86 bits per heavy atom. The molecular weight excluding hydrogens is 293 g/mol. The topological polar surface area (TPSA) is 40.5 Å². The maximum absolute atomic E-state index is 13.2. The smallest absolute Gasteiger partial charge is 0.337 e. The molecule has 0 aliphatic carbocycles. The molecule has 0 aromatic heterocycles. The number of carboxylic acid groups (broad SMARTS) is 1. The average Bonchev–Trinajstić information content (AvgIpc) is 2.46. The number of benzene rings is 2. The molecule has 0 aliphatic rings. The summed E-state index contributed by atoms with van der Waals surface area (Å²) in [5, 5.41) is 9.86. The molecule has 2 aromatic carbocycles. The molecule has 0 saturated carbocycles. The maximum atomic E-state index is 13.2. The van der Waals surface area contributed by atoms with Crippen LogP contribution in [0.1, 0.15) is 28.9 Å². The fraction of sp³-hybridized carbons (Fsp3) is 0.188. The van der Waals surface area contributed by atoms with Crippen LogP contribution in [0.5, 0.6) is 0 Å². The molecule has 0 saturated heterocycles. The highest BCUT2D eigenvalue weighted by Crippen LogP contribution is 2.29. The first-order valence-corrected chi connectivity index (χ1v) is 6.79. The van der Waals surface area contributed by atoms with Crippen LogP contribution in [0.25, 0.3) is 0 Å². The van der Waals surface area contributed by atoms with E-state index < -0.39 is 11.8 Å². The van der Waals surface area contributed by atoms with Gasteiger partial charge in [-0.25, -0.2) is 9.18 Å². The van der Waals surface area contributed by atoms with Crippen molar-refractivity contribution in [2.24, 2.45) is 0 Å². The van der Waals surface area contributed by atoms with Gasteiger partial charge < -0.3 is 10.0 Å². The van der Waals surface area contributed by atoms with Crippen molar-refractivity contribution in [1.82, 2.24) is 0 Å². The van der Waals surface area contributed by atoms with Crippen molar-refractivity contribution >= 4 is 23.3 Å². The van der Waals surface area contributed by atoms with Crippen LogP contribution in [0.4, 0.5) is 10.1 Å². The van der Waals surface area contributed by atoms with Crippen LogP contribution in [-0.4, -0.2) is 18.1 Å². The molecular formula is C16H15ClFNO2. The summed E-state index contributed by atoms with van der Waals surface area (Å²) >= 11 is 5.86. The monoisotopic (exact) mass is 307 g/mol. The van der Waals surface area contributed by atoms with Gasteiger partial charge in [-0.3, -0.25) is 0 Å². The lowest BCUT2D eigenvalue weighted by atomic mass is 10.0. The predicted molar refractivity (Wildman–Crippen MR) is 81.6 cm³/mol. The Balaban J connectivity index is 2.37. The number of halogens is 2. The Morgan fingerprint density at radius 3 is 2.43 bits per heavy atom. The number of carbonyl (C=O) groups is 1. The Kier molecular flexibility index (Phi) is 4.48. The number of hydrogen-bond donors (Lipinski definition) is 1. The standard InChI is InChI=1S/C16H15ClFNO2/c1-10(11-3-5-12(17)6-4-11)19(2)15-8-7-13(18)9-14(15)16(20)21/h3-10H,1-2H3,(H,20,21). The van der Waals surface area contributed by atoms with E-state index in [2.05, 4.69) is 0 Å². The van der Waals surface area contributed by atoms with Gasteiger partial charge in [0.15, 0.2) is 0 Å². The van der Waals surface area contributed by atoms with Gasteiger partial charge in [-0.1, -0.05) is 23.7 Å². The zero-order valence-corrected chi connectivity index (χ0v) is 12.4. The van der Waals surface area contributed by atoms with Gasteiger partial charge in [0, 0.05) is 12.1 Å². The molecule has 3 nitrogen and oxygen atoms in total. The predicted octanol–water partition coefficient (Wildman–Crippen LogP) is 4.37. The molecule has 0 fully saturated rings. The van der Waals surface area contributed by atoms with Crippen molar-refractivity contribution < 1.29 is 14.3 Å². The fourth-order valence-corrected chi connectivity index (χ4v) is 2.29. The Hall–Kier alpha value is -2.07. The van der Waals surface area contributed by atoms with E-state index in [1.165, 1.54) is 12.1 Å². The summed E-state index contributed by atoms with van der Waals surface area (Å²) in [7, 11) is 1.78. The van der Waals surface area contributed by atoms with E-state index in [0.29, 0.717) is 10.7 Å². The molecule has 0 spiro atoms. The zero-order chi connectivity index (χ0) is 15.6. The molecule has 1 unspecified atom stereocenters. The number of hydrogen-bond acceptors (Lipinski definition) is 2. The minimum atomic E-state index is -1.15. The van der Waals surface area contributed by atoms with Crippen molar-refractivity contribution in [3.05, 3.63) is 64.4 Å². The minimum absolute atomic E-state index is 0.0571. The van der Waals surface area contributed by atoms with Gasteiger partial charge in [0.05, 0.1) is 17.3 Å². The summed E-state index contributed by atoms with van der Waals surface area (Å²) in [5.74, 6) is -1.72. The van der Waals surface area contributed by atoms with Gasteiger partial charge in [-0.05, 0) is 42.8 Å². The average molecular weight is 308 g/mol. The second-order valence-electron chi connectivity index (χ2n) is 4.81. The van der Waals surface area contributed by atoms with Gasteiger partial charge in [-0.15, -0.1) is 0 Å². The lowest BCUT2D eigenvalue weighted by Gasteiger charge is -2.28. The first kappa shape index (κ1) is 15.3. The van der Waals surface area contributed by atoms with Crippen LogP contribution in [0.2, 0.25) is 5.02 Å². The summed E-state index contributed by atoms with van der Waals surface area (Å²) in [4.78, 5) is 13.1. The van der Waals surface area contributed by atoms with Gasteiger partial charge in [-0.2, -0.15) is 0 Å². The molecule has 0 heterocycles. The van der Waals surface area contributed by atoms with E-state index >= 15 is 0 Å². The molecule has 0 aliphatic heterocycles. The van der Waals surface area contributed by atoms with E-state index in [1.807, 2.05) is 19.1 Å². The number of aromatic carboxylic acids is 1. The van der Waals surface area contributed by atoms with Crippen molar-refractivity contribution in [3.8, 4) is 0 Å². The van der Waals surface area contributed by atoms with E-state index in [0.717, 1.165) is 11.6 Å². The summed E-state index contributed by atoms with van der Waals surface area (Å²) in [6.07, 6.45) is 0. The largest absolute Gasteiger partial charge is 0.478 e. The second-order valence-corrected chi connectivity index (χ2v) is 5.24. The molecule has 0 bridgehead atoms. The van der Waals surface area contributed by atoms with Crippen molar-refractivity contribution in [2.75, 3.05) is 11.9 Å². The lowest BCUT2D eigenvalue weighted by molar-refractivity contribution is 0.0697. The number of rotatable bonds is 4. The fourth-order valence-electron chi connectivity index (χ4n) is 2.16. The highest BCUT2D eigenvalue weighted by molar-refractivity contribution is 6.30. The Morgan fingerprint density at radius 1 is 1.24 bits per heavy atom. The SMILES string of the molecule is CC(c1ccc(Cl)cc1)N(C)c1ccc(F)cc1C(=O)O. The van der Waals surface area contributed by atoms with Crippen LogP contribution < -0.4 is 4.90 Å². The highest BCUT2D eigenvalue weighted by atomic mass is 35.5. The molecule has 2 aromatic rings. The number of anilines is 1. The van der Waals surface area contributed by atoms with E-state index in [9.17, 15) is 14.3 Å². The molecule has 110 valence electrons. The van der Waals surface area contributed by atoms with Crippen LogP contribution in [0.3, 0.4) is 0 Å². The van der Waals surface area contributed by atoms with Gasteiger partial charge in [0.2, 0.25) is 0 Å². The lowest BCUT2D eigenvalue weighted by Crippen LogP contribution is -2.23. The van der Waals surface area contributed by atoms with Gasteiger partial charge >= 0.3 is 5.97 Å². The molecule has 0 radical (unpaired) electrons. The summed E-state index contributed by atoms with van der Waals surface area (Å²) in [5.41, 5.74) is 1.40. The van der Waals surface area contributed by atoms with Gasteiger partial charge in [0.25, 0.3) is 0 Å². The molecule has 5 heteroatoms. The molecule has 1 N–H and O–H groups in total. The first-order valence-electron chi connectivity index (χ1n) is 6.41. The van der Waals surface area contributed by atoms with Crippen LogP contribution >= 0.6 is 11.6 Å². The van der Waals surface area contributed by atoms with Crippen LogP contribution in [0, 0.1) is 5.82 Å². The number of nitrogens with zero attached hydrogens (tertiary/aromatic N) is 1. The third-order valence-corrected chi connectivity index (χ3v) is 3.75. The molecule has 0 amide bonds. The van der Waals surface area contributed by atoms with E-state index in [-0.39, 0.29) is 11.6 Å². The Bertz CT molecular complexity index is 658. The first-order chi connectivity index (χ1) is 9.90. The highest BCUT2D eigenvalue weighted by Gasteiger charge is 2.19. The number of carboxylic acids is 1. The minimum Gasteiger partial charge on any atom is -0.478 e. The maximum Gasteiger partial charge on any atom is 0.337 e. The summed E-state index contributed by atoms with van der Waals surface area (Å²) in [6, 6.07) is 11.0.